The number of amides is 1. The summed E-state index contributed by atoms with van der Waals surface area (Å²) in [5.41, 5.74) is 6.30. The van der Waals surface area contributed by atoms with E-state index in [1.54, 1.807) is 30.3 Å². The Morgan fingerprint density at radius 2 is 2.00 bits per heavy atom. The lowest BCUT2D eigenvalue weighted by molar-refractivity contribution is -0.187. The van der Waals surface area contributed by atoms with Crippen LogP contribution in [0, 0.1) is 0 Å². The van der Waals surface area contributed by atoms with Crippen molar-refractivity contribution >= 4 is 6.09 Å². The van der Waals surface area contributed by atoms with Gasteiger partial charge in [0.05, 0.1) is 0 Å². The molecule has 0 aromatic heterocycles. The lowest BCUT2D eigenvalue weighted by atomic mass is 9.98. The summed E-state index contributed by atoms with van der Waals surface area (Å²) in [6, 6.07) is 6.39. The molecule has 1 aromatic rings. The predicted octanol–water partition coefficient (Wildman–Crippen LogP) is 2.68. The van der Waals surface area contributed by atoms with E-state index in [1.165, 1.54) is 0 Å². The van der Waals surface area contributed by atoms with Crippen LogP contribution in [0.25, 0.3) is 0 Å². The minimum absolute atomic E-state index is 0.0427. The number of likely N-dealkylation sites (tertiary alicyclic amines) is 1. The van der Waals surface area contributed by atoms with Crippen LogP contribution in [0.3, 0.4) is 0 Å². The Bertz CT molecular complexity index is 479. The average molecular weight is 302 g/mol. The molecule has 0 spiro atoms. The van der Waals surface area contributed by atoms with Gasteiger partial charge in [0.15, 0.2) is 0 Å². The quantitative estimate of drug-likeness (QED) is 0.914. The van der Waals surface area contributed by atoms with Gasteiger partial charge in [0.2, 0.25) is 0 Å². The second-order valence-corrected chi connectivity index (χ2v) is 5.08. The van der Waals surface area contributed by atoms with Crippen LogP contribution in [0.5, 0.6) is 0 Å². The molecule has 2 N–H and O–H groups in total. The van der Waals surface area contributed by atoms with Crippen LogP contribution in [0.15, 0.2) is 30.3 Å². The molecule has 1 fully saturated rings. The van der Waals surface area contributed by atoms with Crippen LogP contribution in [0.4, 0.5) is 18.0 Å². The van der Waals surface area contributed by atoms with E-state index >= 15 is 0 Å². The number of nitrogens with two attached hydrogens (primary N) is 1. The van der Waals surface area contributed by atoms with Gasteiger partial charge in [-0.05, 0) is 18.4 Å². The normalized spacial score (nSPS) is 23.0. The van der Waals surface area contributed by atoms with Crippen molar-refractivity contribution < 1.29 is 22.7 Å². The highest BCUT2D eigenvalue weighted by atomic mass is 19.4. The van der Waals surface area contributed by atoms with Gasteiger partial charge in [-0.3, -0.25) is 4.90 Å². The summed E-state index contributed by atoms with van der Waals surface area (Å²) < 4.78 is 43.9. The van der Waals surface area contributed by atoms with Crippen LogP contribution in [-0.4, -0.2) is 35.8 Å². The molecule has 0 radical (unpaired) electrons. The van der Waals surface area contributed by atoms with Crippen molar-refractivity contribution in [3.05, 3.63) is 35.9 Å². The zero-order valence-corrected chi connectivity index (χ0v) is 11.3. The Hall–Kier alpha value is -1.76. The Morgan fingerprint density at radius 3 is 2.62 bits per heavy atom. The zero-order chi connectivity index (χ0) is 15.5. The second kappa shape index (κ2) is 6.34. The molecular weight excluding hydrogens is 285 g/mol. The van der Waals surface area contributed by atoms with Gasteiger partial charge in [0.1, 0.15) is 12.6 Å². The molecule has 0 saturated carbocycles. The molecule has 1 amide bonds. The highest BCUT2D eigenvalue weighted by Gasteiger charge is 2.48. The van der Waals surface area contributed by atoms with Gasteiger partial charge in [0, 0.05) is 12.6 Å². The summed E-state index contributed by atoms with van der Waals surface area (Å²) in [5.74, 6) is 0. The molecule has 2 atom stereocenters. The lowest BCUT2D eigenvalue weighted by Gasteiger charge is -2.38. The van der Waals surface area contributed by atoms with E-state index in [4.69, 9.17) is 10.5 Å². The smallest absolute Gasteiger partial charge is 0.410 e. The highest BCUT2D eigenvalue weighted by Crippen LogP contribution is 2.32. The standard InChI is InChI=1S/C14H17F3N2O2/c15-14(16,17)12-8-11(18)6-7-19(12)13(20)21-9-10-4-2-1-3-5-10/h1-5,11-12H,6-9,18H2/t11-,12-/m1/s1. The van der Waals surface area contributed by atoms with Crippen LogP contribution in [0.1, 0.15) is 18.4 Å². The molecule has 2 rings (SSSR count). The van der Waals surface area contributed by atoms with Crippen molar-refractivity contribution in [2.24, 2.45) is 5.73 Å². The largest absolute Gasteiger partial charge is 0.445 e. The lowest BCUT2D eigenvalue weighted by Crippen LogP contribution is -2.55. The Morgan fingerprint density at radius 1 is 1.33 bits per heavy atom. The minimum atomic E-state index is -4.50. The van der Waals surface area contributed by atoms with Gasteiger partial charge >= 0.3 is 12.3 Å². The fourth-order valence-corrected chi connectivity index (χ4v) is 2.32. The van der Waals surface area contributed by atoms with Gasteiger partial charge in [0.25, 0.3) is 0 Å². The van der Waals surface area contributed by atoms with Crippen molar-refractivity contribution in [3.8, 4) is 0 Å². The number of halogens is 3. The third kappa shape index (κ3) is 4.10. The number of ether oxygens (including phenoxy) is 1. The zero-order valence-electron chi connectivity index (χ0n) is 11.3. The molecule has 0 unspecified atom stereocenters. The molecule has 116 valence electrons. The van der Waals surface area contributed by atoms with Gasteiger partial charge in [-0.2, -0.15) is 13.2 Å². The number of hydrogen-bond acceptors (Lipinski definition) is 3. The molecule has 1 aliphatic heterocycles. The Labute approximate surface area is 120 Å². The van der Waals surface area contributed by atoms with E-state index in [2.05, 4.69) is 0 Å². The van der Waals surface area contributed by atoms with Crippen molar-refractivity contribution in [2.45, 2.75) is 37.7 Å². The Balaban J connectivity index is 1.99. The number of carbonyl (C=O) groups is 1. The van der Waals surface area contributed by atoms with Gasteiger partial charge < -0.3 is 10.5 Å². The van der Waals surface area contributed by atoms with E-state index in [1.807, 2.05) is 0 Å². The highest BCUT2D eigenvalue weighted by molar-refractivity contribution is 5.68. The maximum absolute atomic E-state index is 13.0. The minimum Gasteiger partial charge on any atom is -0.445 e. The first-order valence-electron chi connectivity index (χ1n) is 6.67. The summed E-state index contributed by atoms with van der Waals surface area (Å²) in [7, 11) is 0. The van der Waals surface area contributed by atoms with E-state index in [0.717, 1.165) is 10.5 Å². The van der Waals surface area contributed by atoms with Gasteiger partial charge in [-0.15, -0.1) is 0 Å². The number of alkyl halides is 3. The number of hydrogen-bond donors (Lipinski definition) is 1. The van der Waals surface area contributed by atoms with Crippen LogP contribution < -0.4 is 5.73 Å². The summed E-state index contributed by atoms with van der Waals surface area (Å²) >= 11 is 0. The fourth-order valence-electron chi connectivity index (χ4n) is 2.32. The fraction of sp³-hybridized carbons (Fsp3) is 0.500. The van der Waals surface area contributed by atoms with Crippen molar-refractivity contribution in [2.75, 3.05) is 6.54 Å². The van der Waals surface area contributed by atoms with Gasteiger partial charge in [-0.25, -0.2) is 4.79 Å². The molecular formula is C14H17F3N2O2. The number of piperidine rings is 1. The second-order valence-electron chi connectivity index (χ2n) is 5.08. The molecule has 1 aromatic carbocycles. The van der Waals surface area contributed by atoms with E-state index in [0.29, 0.717) is 6.42 Å². The van der Waals surface area contributed by atoms with E-state index in [-0.39, 0.29) is 19.6 Å². The first-order chi connectivity index (χ1) is 9.88. The maximum atomic E-state index is 13.0. The molecule has 1 aliphatic rings. The number of rotatable bonds is 2. The monoisotopic (exact) mass is 302 g/mol. The van der Waals surface area contributed by atoms with Crippen LogP contribution >= 0.6 is 0 Å². The number of benzene rings is 1. The molecule has 21 heavy (non-hydrogen) atoms. The molecule has 1 saturated heterocycles. The topological polar surface area (TPSA) is 55.6 Å². The van der Waals surface area contributed by atoms with Crippen molar-refractivity contribution in [1.82, 2.24) is 4.90 Å². The van der Waals surface area contributed by atoms with E-state index < -0.39 is 24.4 Å². The van der Waals surface area contributed by atoms with Crippen LogP contribution in [0.2, 0.25) is 0 Å². The number of carbonyl (C=O) groups excluding carboxylic acids is 1. The first-order valence-corrected chi connectivity index (χ1v) is 6.67. The van der Waals surface area contributed by atoms with Crippen LogP contribution in [-0.2, 0) is 11.3 Å². The summed E-state index contributed by atoms with van der Waals surface area (Å²) in [5, 5.41) is 0. The molecule has 7 heteroatoms. The Kier molecular flexibility index (Phi) is 4.72. The SMILES string of the molecule is N[C@@H]1CCN(C(=O)OCc2ccccc2)[C@@H](C(F)(F)F)C1. The summed E-state index contributed by atoms with van der Waals surface area (Å²) in [6.07, 6.45) is -5.39. The van der Waals surface area contributed by atoms with E-state index in [9.17, 15) is 18.0 Å². The summed E-state index contributed by atoms with van der Waals surface area (Å²) in [6.45, 7) is -0.0915. The molecule has 0 aliphatic carbocycles. The van der Waals surface area contributed by atoms with Crippen molar-refractivity contribution in [3.63, 3.8) is 0 Å². The third-order valence-electron chi connectivity index (χ3n) is 3.46. The average Bonchev–Trinajstić information content (AvgIpc) is 2.45. The summed E-state index contributed by atoms with van der Waals surface area (Å²) in [4.78, 5) is 12.6. The first kappa shape index (κ1) is 15.6. The van der Waals surface area contributed by atoms with Crippen molar-refractivity contribution in [1.29, 1.82) is 0 Å². The maximum Gasteiger partial charge on any atom is 0.410 e. The van der Waals surface area contributed by atoms with Gasteiger partial charge in [-0.1, -0.05) is 30.3 Å². The molecule has 1 heterocycles. The number of nitrogens with zero attached hydrogens (tertiary/aromatic N) is 1. The molecule has 0 bridgehead atoms. The third-order valence-corrected chi connectivity index (χ3v) is 3.46. The molecule has 4 nitrogen and oxygen atoms in total. The predicted molar refractivity (Wildman–Crippen MR) is 70.4 cm³/mol.